The lowest BCUT2D eigenvalue weighted by Gasteiger charge is -2.04. The molecule has 0 unspecified atom stereocenters. The number of carbonyl (C=O) groups excluding carboxylic acids is 1. The maximum Gasteiger partial charge on any atom is 0.186 e. The van der Waals surface area contributed by atoms with E-state index in [-0.39, 0.29) is 5.78 Å². The number of allylic oxidation sites excluding steroid dienone is 2. The number of carbonyl (C=O) groups is 1. The first-order valence-corrected chi connectivity index (χ1v) is 6.65. The Morgan fingerprint density at radius 3 is 1.67 bits per heavy atom. The molecule has 0 aliphatic rings. The Morgan fingerprint density at radius 1 is 0.810 bits per heavy atom. The molecule has 2 aromatic rings. The van der Waals surface area contributed by atoms with Gasteiger partial charge in [-0.05, 0) is 60.5 Å². The smallest absolute Gasteiger partial charge is 0.186 e. The van der Waals surface area contributed by atoms with E-state index in [9.17, 15) is 4.79 Å². The van der Waals surface area contributed by atoms with Gasteiger partial charge in [0.15, 0.2) is 5.78 Å². The van der Waals surface area contributed by atoms with Gasteiger partial charge in [0.05, 0.1) is 14.2 Å². The summed E-state index contributed by atoms with van der Waals surface area (Å²) in [5.74, 6) is 1.52. The van der Waals surface area contributed by atoms with Gasteiger partial charge in [-0.1, -0.05) is 12.1 Å². The van der Waals surface area contributed by atoms with E-state index >= 15 is 0 Å². The summed E-state index contributed by atoms with van der Waals surface area (Å²) in [6.45, 7) is 1.92. The zero-order chi connectivity index (χ0) is 15.2. The summed E-state index contributed by atoms with van der Waals surface area (Å²) >= 11 is 0. The molecule has 0 aliphatic heterocycles. The second-order valence-corrected chi connectivity index (χ2v) is 4.65. The van der Waals surface area contributed by atoms with E-state index in [0.717, 1.165) is 22.6 Å². The SMILES string of the molecule is COc1ccc(C(=O)C=C(C)c2ccc(OC)cc2)cc1. The van der Waals surface area contributed by atoms with Crippen molar-refractivity contribution in [3.63, 3.8) is 0 Å². The normalized spacial score (nSPS) is 11.1. The average Bonchev–Trinajstić information content (AvgIpc) is 2.55. The molecule has 2 aromatic carbocycles. The van der Waals surface area contributed by atoms with E-state index in [1.54, 1.807) is 44.6 Å². The summed E-state index contributed by atoms with van der Waals surface area (Å²) in [6, 6.07) is 14.7. The fourth-order valence-electron chi connectivity index (χ4n) is 1.97. The van der Waals surface area contributed by atoms with Gasteiger partial charge in [0.25, 0.3) is 0 Å². The van der Waals surface area contributed by atoms with Crippen LogP contribution in [-0.4, -0.2) is 20.0 Å². The highest BCUT2D eigenvalue weighted by Gasteiger charge is 2.05. The average molecular weight is 282 g/mol. The molecule has 3 heteroatoms. The van der Waals surface area contributed by atoms with E-state index in [0.29, 0.717) is 5.56 Å². The minimum atomic E-state index is -0.0222. The fraction of sp³-hybridized carbons (Fsp3) is 0.167. The van der Waals surface area contributed by atoms with Crippen LogP contribution in [0.1, 0.15) is 22.8 Å². The first-order valence-electron chi connectivity index (χ1n) is 6.65. The van der Waals surface area contributed by atoms with Gasteiger partial charge in [-0.3, -0.25) is 4.79 Å². The minimum absolute atomic E-state index is 0.0222. The number of benzene rings is 2. The molecule has 0 saturated heterocycles. The second-order valence-electron chi connectivity index (χ2n) is 4.65. The topological polar surface area (TPSA) is 35.5 Å². The van der Waals surface area contributed by atoms with E-state index in [2.05, 4.69) is 0 Å². The standard InChI is InChI=1S/C18H18O3/c1-13(14-4-8-16(20-2)9-5-14)12-18(19)15-6-10-17(21-3)11-7-15/h4-12H,1-3H3. The first-order chi connectivity index (χ1) is 10.1. The van der Waals surface area contributed by atoms with Crippen molar-refractivity contribution in [2.75, 3.05) is 14.2 Å². The molecule has 0 spiro atoms. The van der Waals surface area contributed by atoms with Crippen molar-refractivity contribution in [3.05, 3.63) is 65.7 Å². The molecule has 0 fully saturated rings. The molecular weight excluding hydrogens is 264 g/mol. The molecule has 108 valence electrons. The van der Waals surface area contributed by atoms with Crippen LogP contribution in [0.5, 0.6) is 11.5 Å². The summed E-state index contributed by atoms with van der Waals surface area (Å²) < 4.78 is 10.2. The van der Waals surface area contributed by atoms with Gasteiger partial charge in [-0.25, -0.2) is 0 Å². The Hall–Kier alpha value is -2.55. The third-order valence-electron chi connectivity index (χ3n) is 3.27. The second kappa shape index (κ2) is 6.75. The maximum absolute atomic E-state index is 12.2. The lowest BCUT2D eigenvalue weighted by molar-refractivity contribution is 0.104. The summed E-state index contributed by atoms with van der Waals surface area (Å²) in [5.41, 5.74) is 2.56. The van der Waals surface area contributed by atoms with Gasteiger partial charge in [-0.2, -0.15) is 0 Å². The van der Waals surface area contributed by atoms with Crippen LogP contribution in [0.2, 0.25) is 0 Å². The summed E-state index contributed by atoms with van der Waals surface area (Å²) in [5, 5.41) is 0. The van der Waals surface area contributed by atoms with Crippen molar-refractivity contribution in [1.29, 1.82) is 0 Å². The van der Waals surface area contributed by atoms with Gasteiger partial charge < -0.3 is 9.47 Å². The zero-order valence-corrected chi connectivity index (χ0v) is 12.4. The van der Waals surface area contributed by atoms with E-state index in [4.69, 9.17) is 9.47 Å². The molecule has 0 amide bonds. The Bertz CT molecular complexity index is 637. The number of methoxy groups -OCH3 is 2. The van der Waals surface area contributed by atoms with Gasteiger partial charge in [0, 0.05) is 5.56 Å². The van der Waals surface area contributed by atoms with Crippen molar-refractivity contribution in [2.24, 2.45) is 0 Å². The number of rotatable bonds is 5. The van der Waals surface area contributed by atoms with Crippen LogP contribution >= 0.6 is 0 Å². The van der Waals surface area contributed by atoms with Crippen molar-refractivity contribution in [3.8, 4) is 11.5 Å². The predicted octanol–water partition coefficient (Wildman–Crippen LogP) is 3.99. The zero-order valence-electron chi connectivity index (χ0n) is 12.4. The van der Waals surface area contributed by atoms with E-state index < -0.39 is 0 Å². The fourth-order valence-corrected chi connectivity index (χ4v) is 1.97. The highest BCUT2D eigenvalue weighted by atomic mass is 16.5. The predicted molar refractivity (Wildman–Crippen MR) is 84.0 cm³/mol. The monoisotopic (exact) mass is 282 g/mol. The Balaban J connectivity index is 2.17. The molecule has 3 nitrogen and oxygen atoms in total. The van der Waals surface area contributed by atoms with Crippen molar-refractivity contribution in [1.82, 2.24) is 0 Å². The number of ether oxygens (including phenoxy) is 2. The largest absolute Gasteiger partial charge is 0.497 e. The molecule has 21 heavy (non-hydrogen) atoms. The molecule has 0 N–H and O–H groups in total. The van der Waals surface area contributed by atoms with Gasteiger partial charge >= 0.3 is 0 Å². The molecule has 0 heterocycles. The highest BCUT2D eigenvalue weighted by Crippen LogP contribution is 2.19. The Labute approximate surface area is 124 Å². The lowest BCUT2D eigenvalue weighted by atomic mass is 10.0. The van der Waals surface area contributed by atoms with Crippen LogP contribution in [0.4, 0.5) is 0 Å². The quantitative estimate of drug-likeness (QED) is 0.614. The third-order valence-corrected chi connectivity index (χ3v) is 3.27. The lowest BCUT2D eigenvalue weighted by Crippen LogP contribution is -1.96. The number of ketones is 1. The van der Waals surface area contributed by atoms with Gasteiger partial charge in [0.2, 0.25) is 0 Å². The maximum atomic E-state index is 12.2. The first kappa shape index (κ1) is 14.9. The Kier molecular flexibility index (Phi) is 4.77. The van der Waals surface area contributed by atoms with Crippen molar-refractivity contribution < 1.29 is 14.3 Å². The van der Waals surface area contributed by atoms with E-state index in [1.807, 2.05) is 31.2 Å². The molecule has 0 aromatic heterocycles. The molecule has 0 atom stereocenters. The molecule has 0 radical (unpaired) electrons. The number of hydrogen-bond acceptors (Lipinski definition) is 3. The van der Waals surface area contributed by atoms with Crippen LogP contribution in [0, 0.1) is 0 Å². The van der Waals surface area contributed by atoms with Crippen molar-refractivity contribution >= 4 is 11.4 Å². The Morgan fingerprint density at radius 2 is 1.24 bits per heavy atom. The summed E-state index contributed by atoms with van der Waals surface area (Å²) in [4.78, 5) is 12.2. The summed E-state index contributed by atoms with van der Waals surface area (Å²) in [7, 11) is 3.23. The molecular formula is C18H18O3. The number of hydrogen-bond donors (Lipinski definition) is 0. The highest BCUT2D eigenvalue weighted by molar-refractivity contribution is 6.08. The summed E-state index contributed by atoms with van der Waals surface area (Å²) in [6.07, 6.45) is 1.64. The minimum Gasteiger partial charge on any atom is -0.497 e. The van der Waals surface area contributed by atoms with Gasteiger partial charge in [0.1, 0.15) is 11.5 Å². The van der Waals surface area contributed by atoms with Crippen LogP contribution in [0.25, 0.3) is 5.57 Å². The molecule has 0 aliphatic carbocycles. The van der Waals surface area contributed by atoms with Gasteiger partial charge in [-0.15, -0.1) is 0 Å². The van der Waals surface area contributed by atoms with Crippen molar-refractivity contribution in [2.45, 2.75) is 6.92 Å². The van der Waals surface area contributed by atoms with Crippen LogP contribution < -0.4 is 9.47 Å². The molecule has 2 rings (SSSR count). The molecule has 0 saturated carbocycles. The van der Waals surface area contributed by atoms with Crippen LogP contribution in [0.15, 0.2) is 54.6 Å². The molecule has 0 bridgehead atoms. The van der Waals surface area contributed by atoms with E-state index in [1.165, 1.54) is 0 Å². The van der Waals surface area contributed by atoms with Crippen LogP contribution in [-0.2, 0) is 0 Å². The van der Waals surface area contributed by atoms with Crippen LogP contribution in [0.3, 0.4) is 0 Å². The third kappa shape index (κ3) is 3.72.